The number of aliphatic hydroxyl groups excluding tert-OH is 1. The Labute approximate surface area is 107 Å². The Morgan fingerprint density at radius 2 is 2.29 bits per heavy atom. The molecule has 0 saturated carbocycles. The number of rotatable bonds is 6. The number of fused-ring (bicyclic) bond motifs is 1. The fourth-order valence-corrected chi connectivity index (χ4v) is 3.25. The second kappa shape index (κ2) is 5.94. The van der Waals surface area contributed by atoms with Crippen molar-refractivity contribution in [3.63, 3.8) is 0 Å². The topological polar surface area (TPSA) is 45.1 Å². The third-order valence-electron chi connectivity index (χ3n) is 3.57. The number of nitrogens with zero attached hydrogens (tertiary/aromatic N) is 1. The second-order valence-corrected chi connectivity index (χ2v) is 6.08. The first-order chi connectivity index (χ1) is 8.20. The Balaban J connectivity index is 1.74. The molecule has 17 heavy (non-hydrogen) atoms. The molecule has 0 saturated heterocycles. The molecule has 96 valence electrons. The smallest absolute Gasteiger partial charge is 0.107 e. The van der Waals surface area contributed by atoms with Crippen LogP contribution in [0.2, 0.25) is 0 Å². The van der Waals surface area contributed by atoms with Crippen molar-refractivity contribution in [3.05, 3.63) is 15.6 Å². The van der Waals surface area contributed by atoms with Crippen LogP contribution in [0.15, 0.2) is 0 Å². The molecule has 1 aromatic heterocycles. The molecule has 2 unspecified atom stereocenters. The van der Waals surface area contributed by atoms with Gasteiger partial charge in [0.15, 0.2) is 0 Å². The van der Waals surface area contributed by atoms with Gasteiger partial charge in [0.25, 0.3) is 0 Å². The summed E-state index contributed by atoms with van der Waals surface area (Å²) in [5.41, 5.74) is 1.31. The van der Waals surface area contributed by atoms with E-state index in [1.54, 1.807) is 0 Å². The first-order valence-corrected chi connectivity index (χ1v) is 7.38. The van der Waals surface area contributed by atoms with Crippen LogP contribution in [-0.2, 0) is 19.4 Å². The molecule has 0 fully saturated rings. The minimum absolute atomic E-state index is 0.244. The van der Waals surface area contributed by atoms with E-state index in [1.165, 1.54) is 28.4 Å². The molecule has 1 aromatic rings. The summed E-state index contributed by atoms with van der Waals surface area (Å²) >= 11 is 1.83. The van der Waals surface area contributed by atoms with Gasteiger partial charge in [0.2, 0.25) is 0 Å². The number of aromatic nitrogens is 1. The molecular formula is C13H22N2OS. The Kier molecular flexibility index (Phi) is 4.54. The van der Waals surface area contributed by atoms with Gasteiger partial charge in [-0.15, -0.1) is 11.3 Å². The van der Waals surface area contributed by atoms with Crippen molar-refractivity contribution in [1.82, 2.24) is 10.3 Å². The summed E-state index contributed by atoms with van der Waals surface area (Å²) in [4.78, 5) is 6.10. The molecule has 1 aliphatic carbocycles. The predicted octanol–water partition coefficient (Wildman–Crippen LogP) is 2.13. The van der Waals surface area contributed by atoms with Crippen molar-refractivity contribution in [2.45, 2.75) is 52.2 Å². The lowest BCUT2D eigenvalue weighted by Gasteiger charge is -2.17. The Morgan fingerprint density at radius 3 is 3.00 bits per heavy atom. The van der Waals surface area contributed by atoms with Gasteiger partial charge in [0, 0.05) is 18.0 Å². The van der Waals surface area contributed by atoms with Gasteiger partial charge >= 0.3 is 0 Å². The van der Waals surface area contributed by atoms with E-state index < -0.39 is 0 Å². The lowest BCUT2D eigenvalue weighted by Crippen LogP contribution is -2.31. The van der Waals surface area contributed by atoms with Crippen molar-refractivity contribution in [2.24, 2.45) is 5.92 Å². The minimum Gasteiger partial charge on any atom is -0.392 e. The Hall–Kier alpha value is -0.450. The molecule has 2 rings (SSSR count). The van der Waals surface area contributed by atoms with Crippen molar-refractivity contribution in [2.75, 3.05) is 6.54 Å². The van der Waals surface area contributed by atoms with Crippen molar-refractivity contribution in [1.29, 1.82) is 0 Å². The molecule has 3 nitrogen and oxygen atoms in total. The van der Waals surface area contributed by atoms with E-state index in [9.17, 15) is 5.11 Å². The van der Waals surface area contributed by atoms with Crippen LogP contribution in [0.1, 0.15) is 42.3 Å². The van der Waals surface area contributed by atoms with Gasteiger partial charge in [-0.3, -0.25) is 0 Å². The van der Waals surface area contributed by atoms with Crippen LogP contribution in [0.4, 0.5) is 0 Å². The predicted molar refractivity (Wildman–Crippen MR) is 71.3 cm³/mol. The number of thiazole rings is 1. The molecule has 0 bridgehead atoms. The zero-order chi connectivity index (χ0) is 12.3. The molecule has 0 aromatic carbocycles. The van der Waals surface area contributed by atoms with Crippen molar-refractivity contribution >= 4 is 11.3 Å². The SMILES string of the molecule is CCC(C)C(O)CNCc1nc2c(s1)CCC2. The summed E-state index contributed by atoms with van der Waals surface area (Å²) in [6, 6.07) is 0. The standard InChI is InChI=1S/C13H22N2OS/c1-3-9(2)11(16)7-14-8-13-15-10-5-4-6-12(10)17-13/h9,11,14,16H,3-8H2,1-2H3. The van der Waals surface area contributed by atoms with Crippen LogP contribution < -0.4 is 5.32 Å². The molecule has 0 amide bonds. The van der Waals surface area contributed by atoms with E-state index in [2.05, 4.69) is 24.1 Å². The van der Waals surface area contributed by atoms with E-state index in [1.807, 2.05) is 11.3 Å². The zero-order valence-electron chi connectivity index (χ0n) is 10.7. The summed E-state index contributed by atoms with van der Waals surface area (Å²) in [6.45, 7) is 5.66. The maximum Gasteiger partial charge on any atom is 0.107 e. The third-order valence-corrected chi connectivity index (χ3v) is 4.73. The maximum atomic E-state index is 9.83. The lowest BCUT2D eigenvalue weighted by molar-refractivity contribution is 0.113. The molecular weight excluding hydrogens is 232 g/mol. The van der Waals surface area contributed by atoms with Gasteiger partial charge < -0.3 is 10.4 Å². The molecule has 0 radical (unpaired) electrons. The Bertz CT molecular complexity index is 343. The largest absolute Gasteiger partial charge is 0.392 e. The molecule has 0 spiro atoms. The summed E-state index contributed by atoms with van der Waals surface area (Å²) in [5.74, 6) is 0.365. The summed E-state index contributed by atoms with van der Waals surface area (Å²) in [6.07, 6.45) is 4.42. The van der Waals surface area contributed by atoms with Gasteiger partial charge in [-0.1, -0.05) is 20.3 Å². The molecule has 1 aliphatic rings. The van der Waals surface area contributed by atoms with E-state index in [-0.39, 0.29) is 6.10 Å². The fourth-order valence-electron chi connectivity index (χ4n) is 2.12. The number of hydrogen-bond acceptors (Lipinski definition) is 4. The third kappa shape index (κ3) is 3.27. The van der Waals surface area contributed by atoms with Crippen LogP contribution in [0.25, 0.3) is 0 Å². The van der Waals surface area contributed by atoms with Gasteiger partial charge in [-0.2, -0.15) is 0 Å². The molecule has 2 N–H and O–H groups in total. The number of hydrogen-bond donors (Lipinski definition) is 2. The van der Waals surface area contributed by atoms with Gasteiger partial charge in [0.1, 0.15) is 5.01 Å². The van der Waals surface area contributed by atoms with E-state index in [0.29, 0.717) is 12.5 Å². The number of nitrogens with one attached hydrogen (secondary N) is 1. The van der Waals surface area contributed by atoms with Crippen LogP contribution in [-0.4, -0.2) is 22.7 Å². The van der Waals surface area contributed by atoms with Crippen molar-refractivity contribution in [3.8, 4) is 0 Å². The highest BCUT2D eigenvalue weighted by Gasteiger charge is 2.17. The minimum atomic E-state index is -0.244. The average Bonchev–Trinajstić information content (AvgIpc) is 2.88. The zero-order valence-corrected chi connectivity index (χ0v) is 11.5. The molecule has 1 heterocycles. The summed E-state index contributed by atoms with van der Waals surface area (Å²) in [5, 5.41) is 14.3. The van der Waals surface area contributed by atoms with E-state index in [0.717, 1.165) is 19.4 Å². The number of aliphatic hydroxyl groups is 1. The van der Waals surface area contributed by atoms with E-state index in [4.69, 9.17) is 0 Å². The van der Waals surface area contributed by atoms with Gasteiger partial charge in [0.05, 0.1) is 11.8 Å². The van der Waals surface area contributed by atoms with E-state index >= 15 is 0 Å². The maximum absolute atomic E-state index is 9.83. The van der Waals surface area contributed by atoms with Crippen molar-refractivity contribution < 1.29 is 5.11 Å². The highest BCUT2D eigenvalue weighted by molar-refractivity contribution is 7.11. The van der Waals surface area contributed by atoms with Crippen LogP contribution in [0, 0.1) is 5.92 Å². The van der Waals surface area contributed by atoms with Gasteiger partial charge in [-0.05, 0) is 25.2 Å². The summed E-state index contributed by atoms with van der Waals surface area (Å²) in [7, 11) is 0. The highest BCUT2D eigenvalue weighted by Crippen LogP contribution is 2.27. The lowest BCUT2D eigenvalue weighted by atomic mass is 10.0. The van der Waals surface area contributed by atoms with Gasteiger partial charge in [-0.25, -0.2) is 4.98 Å². The Morgan fingerprint density at radius 1 is 1.47 bits per heavy atom. The summed E-state index contributed by atoms with van der Waals surface area (Å²) < 4.78 is 0. The monoisotopic (exact) mass is 254 g/mol. The average molecular weight is 254 g/mol. The number of aryl methyl sites for hydroxylation is 2. The highest BCUT2D eigenvalue weighted by atomic mass is 32.1. The quantitative estimate of drug-likeness (QED) is 0.817. The fraction of sp³-hybridized carbons (Fsp3) is 0.769. The molecule has 0 aliphatic heterocycles. The second-order valence-electron chi connectivity index (χ2n) is 4.91. The first-order valence-electron chi connectivity index (χ1n) is 6.57. The van der Waals surface area contributed by atoms with Crippen LogP contribution in [0.3, 0.4) is 0 Å². The van der Waals surface area contributed by atoms with Crippen LogP contribution >= 0.6 is 11.3 Å². The first kappa shape index (κ1) is 13.0. The molecule has 2 atom stereocenters. The van der Waals surface area contributed by atoms with Crippen LogP contribution in [0.5, 0.6) is 0 Å². The molecule has 4 heteroatoms. The normalized spacial score (nSPS) is 18.1.